The minimum atomic E-state index is 0.411. The molecule has 0 aromatic heterocycles. The van der Waals surface area contributed by atoms with Crippen LogP contribution >= 0.6 is 0 Å². The lowest BCUT2D eigenvalue weighted by atomic mass is 9.71. The highest BCUT2D eigenvalue weighted by Gasteiger charge is 2.28. The van der Waals surface area contributed by atoms with Gasteiger partial charge < -0.3 is 0 Å². The van der Waals surface area contributed by atoms with E-state index >= 15 is 0 Å². The molecule has 0 aromatic rings. The molecule has 27 heavy (non-hydrogen) atoms. The summed E-state index contributed by atoms with van der Waals surface area (Å²) >= 11 is 0. The van der Waals surface area contributed by atoms with Gasteiger partial charge in [-0.3, -0.25) is 0 Å². The number of allylic oxidation sites excluding steroid dienone is 2. The molecule has 0 saturated carbocycles. The molecule has 0 fully saturated rings. The standard InChI is InChI=1S/C27H54/c1-10-13-16-19-27(9,26(8)12-3)21-23(5)20-22(4)17-14-15-18-25(7)24(6)11-2/h12,22-25H,10-11,13-21H2,1-9H3. The van der Waals surface area contributed by atoms with Crippen LogP contribution in [0, 0.1) is 29.1 Å². The number of unbranched alkanes of at least 4 members (excludes halogenated alkanes) is 3. The summed E-state index contributed by atoms with van der Waals surface area (Å²) in [7, 11) is 0. The van der Waals surface area contributed by atoms with Crippen LogP contribution in [0.5, 0.6) is 0 Å². The molecule has 0 N–H and O–H groups in total. The van der Waals surface area contributed by atoms with Gasteiger partial charge in [-0.2, -0.15) is 0 Å². The number of rotatable bonds is 16. The normalized spacial score (nSPS) is 19.4. The summed E-state index contributed by atoms with van der Waals surface area (Å²) in [5, 5.41) is 0. The first kappa shape index (κ1) is 26.7. The first-order chi connectivity index (χ1) is 12.7. The van der Waals surface area contributed by atoms with Crippen LogP contribution < -0.4 is 0 Å². The fourth-order valence-corrected chi connectivity index (χ4v) is 4.88. The Morgan fingerprint density at radius 1 is 0.852 bits per heavy atom. The van der Waals surface area contributed by atoms with E-state index in [-0.39, 0.29) is 0 Å². The Kier molecular flexibility index (Phi) is 14.6. The molecule has 0 aliphatic heterocycles. The molecule has 0 bridgehead atoms. The van der Waals surface area contributed by atoms with Crippen LogP contribution in [-0.2, 0) is 0 Å². The summed E-state index contributed by atoms with van der Waals surface area (Å²) in [5.41, 5.74) is 2.02. The molecule has 0 heterocycles. The number of hydrogen-bond acceptors (Lipinski definition) is 0. The largest absolute Gasteiger partial charge is 0.0882 e. The third kappa shape index (κ3) is 11.4. The monoisotopic (exact) mass is 378 g/mol. The van der Waals surface area contributed by atoms with Crippen molar-refractivity contribution in [3.63, 3.8) is 0 Å². The molecule has 5 unspecified atom stereocenters. The third-order valence-electron chi connectivity index (χ3n) is 7.54. The summed E-state index contributed by atoms with van der Waals surface area (Å²) in [6.07, 6.45) is 17.6. The summed E-state index contributed by atoms with van der Waals surface area (Å²) in [6, 6.07) is 0. The quantitative estimate of drug-likeness (QED) is 0.185. The first-order valence-corrected chi connectivity index (χ1v) is 12.3. The lowest BCUT2D eigenvalue weighted by molar-refractivity contribution is 0.241. The van der Waals surface area contributed by atoms with Crippen LogP contribution in [0.2, 0.25) is 0 Å². The zero-order chi connectivity index (χ0) is 20.9. The molecule has 162 valence electrons. The van der Waals surface area contributed by atoms with E-state index < -0.39 is 0 Å². The van der Waals surface area contributed by atoms with E-state index in [4.69, 9.17) is 0 Å². The fraction of sp³-hybridized carbons (Fsp3) is 0.926. The van der Waals surface area contributed by atoms with Crippen molar-refractivity contribution in [1.82, 2.24) is 0 Å². The van der Waals surface area contributed by atoms with Gasteiger partial charge >= 0.3 is 0 Å². The average Bonchev–Trinajstić information content (AvgIpc) is 2.63. The molecule has 0 aromatic carbocycles. The SMILES string of the molecule is CC=C(C)C(C)(CCCCC)CC(C)CC(C)CCCCC(C)C(C)CC. The van der Waals surface area contributed by atoms with Gasteiger partial charge in [0, 0.05) is 0 Å². The molecule has 0 spiro atoms. The van der Waals surface area contributed by atoms with Crippen molar-refractivity contribution >= 4 is 0 Å². The summed E-state index contributed by atoms with van der Waals surface area (Å²) < 4.78 is 0. The highest BCUT2D eigenvalue weighted by Crippen LogP contribution is 2.40. The van der Waals surface area contributed by atoms with Crippen LogP contribution in [0.3, 0.4) is 0 Å². The Morgan fingerprint density at radius 3 is 2.04 bits per heavy atom. The van der Waals surface area contributed by atoms with Gasteiger partial charge in [0.1, 0.15) is 0 Å². The fourth-order valence-electron chi connectivity index (χ4n) is 4.88. The van der Waals surface area contributed by atoms with Crippen molar-refractivity contribution in [1.29, 1.82) is 0 Å². The van der Waals surface area contributed by atoms with E-state index in [1.165, 1.54) is 70.6 Å². The summed E-state index contributed by atoms with van der Waals surface area (Å²) in [5.74, 6) is 3.50. The predicted octanol–water partition coefficient (Wildman–Crippen LogP) is 9.83. The summed E-state index contributed by atoms with van der Waals surface area (Å²) in [6.45, 7) is 21.6. The van der Waals surface area contributed by atoms with Crippen LogP contribution in [0.4, 0.5) is 0 Å². The van der Waals surface area contributed by atoms with Crippen molar-refractivity contribution in [2.75, 3.05) is 0 Å². The maximum Gasteiger partial charge on any atom is -0.0117 e. The highest BCUT2D eigenvalue weighted by atomic mass is 14.3. The third-order valence-corrected chi connectivity index (χ3v) is 7.54. The lowest BCUT2D eigenvalue weighted by Gasteiger charge is -2.34. The molecular weight excluding hydrogens is 324 g/mol. The zero-order valence-corrected chi connectivity index (χ0v) is 20.7. The van der Waals surface area contributed by atoms with Gasteiger partial charge in [-0.15, -0.1) is 0 Å². The Labute approximate surface area is 174 Å². The second-order valence-electron chi connectivity index (χ2n) is 10.3. The van der Waals surface area contributed by atoms with Gasteiger partial charge in [-0.25, -0.2) is 0 Å². The highest BCUT2D eigenvalue weighted by molar-refractivity contribution is 5.09. The van der Waals surface area contributed by atoms with Gasteiger partial charge in [0.15, 0.2) is 0 Å². The second kappa shape index (κ2) is 14.7. The number of hydrogen-bond donors (Lipinski definition) is 0. The van der Waals surface area contributed by atoms with Crippen molar-refractivity contribution < 1.29 is 0 Å². The molecule has 5 atom stereocenters. The molecule has 0 saturated heterocycles. The van der Waals surface area contributed by atoms with E-state index in [1.807, 2.05) is 0 Å². The van der Waals surface area contributed by atoms with Crippen molar-refractivity contribution in [2.24, 2.45) is 29.1 Å². The molecule has 0 aliphatic carbocycles. The zero-order valence-electron chi connectivity index (χ0n) is 20.7. The molecular formula is C27H54. The van der Waals surface area contributed by atoms with Gasteiger partial charge in [-0.05, 0) is 62.2 Å². The Bertz CT molecular complexity index is 379. The maximum absolute atomic E-state index is 2.52. The van der Waals surface area contributed by atoms with E-state index in [2.05, 4.69) is 68.4 Å². The van der Waals surface area contributed by atoms with E-state index in [9.17, 15) is 0 Å². The van der Waals surface area contributed by atoms with Crippen molar-refractivity contribution in [3.8, 4) is 0 Å². The maximum atomic E-state index is 2.52. The van der Waals surface area contributed by atoms with Crippen LogP contribution in [0.15, 0.2) is 11.6 Å². The molecule has 0 amide bonds. The van der Waals surface area contributed by atoms with Gasteiger partial charge in [0.25, 0.3) is 0 Å². The van der Waals surface area contributed by atoms with Crippen molar-refractivity contribution in [2.45, 2.75) is 133 Å². The average molecular weight is 379 g/mol. The molecule has 0 aliphatic rings. The van der Waals surface area contributed by atoms with Crippen LogP contribution in [0.1, 0.15) is 133 Å². The second-order valence-corrected chi connectivity index (χ2v) is 10.3. The van der Waals surface area contributed by atoms with E-state index in [1.54, 1.807) is 5.57 Å². The molecule has 0 radical (unpaired) electrons. The minimum absolute atomic E-state index is 0.411. The Morgan fingerprint density at radius 2 is 1.48 bits per heavy atom. The van der Waals surface area contributed by atoms with Crippen LogP contribution in [-0.4, -0.2) is 0 Å². The Balaban J connectivity index is 4.33. The molecule has 0 nitrogen and oxygen atoms in total. The topological polar surface area (TPSA) is 0 Å². The van der Waals surface area contributed by atoms with E-state index in [0.29, 0.717) is 5.41 Å². The van der Waals surface area contributed by atoms with Crippen LogP contribution in [0.25, 0.3) is 0 Å². The first-order valence-electron chi connectivity index (χ1n) is 12.3. The molecule has 0 rings (SSSR count). The minimum Gasteiger partial charge on any atom is -0.0882 e. The Hall–Kier alpha value is -0.260. The van der Waals surface area contributed by atoms with Gasteiger partial charge in [-0.1, -0.05) is 111 Å². The van der Waals surface area contributed by atoms with Gasteiger partial charge in [0.05, 0.1) is 0 Å². The lowest BCUT2D eigenvalue weighted by Crippen LogP contribution is -2.22. The predicted molar refractivity (Wildman–Crippen MR) is 126 cm³/mol. The molecule has 0 heteroatoms. The van der Waals surface area contributed by atoms with Crippen molar-refractivity contribution in [3.05, 3.63) is 11.6 Å². The van der Waals surface area contributed by atoms with E-state index in [0.717, 1.165) is 23.7 Å². The van der Waals surface area contributed by atoms with Gasteiger partial charge in [0.2, 0.25) is 0 Å². The smallest absolute Gasteiger partial charge is 0.0117 e. The summed E-state index contributed by atoms with van der Waals surface area (Å²) in [4.78, 5) is 0.